The van der Waals surface area contributed by atoms with Gasteiger partial charge in [-0.05, 0) is 79.1 Å². The molecule has 6 rings (SSSR count). The van der Waals surface area contributed by atoms with Gasteiger partial charge in [-0.2, -0.15) is 25.3 Å². The summed E-state index contributed by atoms with van der Waals surface area (Å²) in [5, 5.41) is 8.34. The highest BCUT2D eigenvalue weighted by atomic mass is 32.2. The van der Waals surface area contributed by atoms with E-state index in [2.05, 4.69) is 22.5 Å². The van der Waals surface area contributed by atoms with Gasteiger partial charge in [0.25, 0.3) is 30.4 Å². The summed E-state index contributed by atoms with van der Waals surface area (Å²) < 4.78 is 112. The molecule has 14 nitrogen and oxygen atoms in total. The fourth-order valence-corrected chi connectivity index (χ4v) is 8.24. The van der Waals surface area contributed by atoms with E-state index < -0.39 is 51.1 Å². The molecule has 0 fully saturated rings. The summed E-state index contributed by atoms with van der Waals surface area (Å²) in [5.74, 6) is -0.131. The number of urea groups is 1. The quantitative estimate of drug-likeness (QED) is 0.105. The van der Waals surface area contributed by atoms with Gasteiger partial charge in [0.15, 0.2) is 0 Å². The predicted molar refractivity (Wildman–Crippen MR) is 198 cm³/mol. The number of ether oxygens (including phenoxy) is 1. The van der Waals surface area contributed by atoms with Gasteiger partial charge in [0.1, 0.15) is 26.2 Å². The SMILES string of the molecule is C=c1cc2c(cc1S(=O)(=O)O)=C(c1ccccc1S(=O)(=O)O)c1cc(S(=O)(=O)O)c(Nc3c(C)cc(C)c(NC(=O)Nc4ccccc4)c3C)cc1O2. The minimum Gasteiger partial charge on any atom is -0.456 e. The van der Waals surface area contributed by atoms with Gasteiger partial charge in [-0.15, -0.1) is 0 Å². The molecule has 274 valence electrons. The Kier molecular flexibility index (Phi) is 9.44. The topological polar surface area (TPSA) is 225 Å². The van der Waals surface area contributed by atoms with Crippen molar-refractivity contribution in [1.82, 2.24) is 0 Å². The molecule has 0 atom stereocenters. The number of benzene rings is 5. The maximum Gasteiger partial charge on any atom is 0.323 e. The largest absolute Gasteiger partial charge is 0.456 e. The molecule has 0 saturated heterocycles. The Labute approximate surface area is 304 Å². The lowest BCUT2D eigenvalue weighted by Crippen LogP contribution is -2.25. The first-order chi connectivity index (χ1) is 24.7. The Balaban J connectivity index is 1.57. The highest BCUT2D eigenvalue weighted by Gasteiger charge is 2.30. The molecule has 0 radical (unpaired) electrons. The summed E-state index contributed by atoms with van der Waals surface area (Å²) in [6, 6.07) is 19.5. The van der Waals surface area contributed by atoms with E-state index in [1.165, 1.54) is 30.3 Å². The van der Waals surface area contributed by atoms with Crippen molar-refractivity contribution in [1.29, 1.82) is 0 Å². The van der Waals surface area contributed by atoms with Crippen molar-refractivity contribution < 1.29 is 48.4 Å². The molecule has 1 aliphatic heterocycles. The van der Waals surface area contributed by atoms with Gasteiger partial charge >= 0.3 is 6.03 Å². The van der Waals surface area contributed by atoms with Crippen LogP contribution in [0.5, 0.6) is 11.5 Å². The molecule has 0 bridgehead atoms. The second-order valence-corrected chi connectivity index (χ2v) is 16.3. The van der Waals surface area contributed by atoms with E-state index in [-0.39, 0.29) is 44.3 Å². The van der Waals surface area contributed by atoms with Crippen LogP contribution in [0, 0.1) is 20.8 Å². The van der Waals surface area contributed by atoms with Crippen LogP contribution in [0.4, 0.5) is 27.5 Å². The van der Waals surface area contributed by atoms with Crippen LogP contribution in [0.1, 0.15) is 27.8 Å². The summed E-state index contributed by atoms with van der Waals surface area (Å²) in [5.41, 5.74) is 2.55. The molecule has 1 heterocycles. The predicted octanol–water partition coefficient (Wildman–Crippen LogP) is 5.50. The standard InChI is InChI=1S/C36H31N3O11S3/c1-19-15-28-25(16-31(19)52(44,45)46)33(24-12-8-9-13-30(24)51(41,42)43)26-17-32(53(47,48)49)27(18-29(26)50-28)38-34-20(2)14-21(3)35(22(34)4)39-36(40)37-23-10-6-5-7-11-23/h5-18,38H,1H2,2-4H3,(H2,37,39,40)(H,41,42,43)(H,44,45,46)(H,47,48,49). The molecule has 1 aliphatic rings. The number of hydrogen-bond acceptors (Lipinski definition) is 9. The Morgan fingerprint density at radius 3 is 1.89 bits per heavy atom. The molecule has 5 aromatic rings. The van der Waals surface area contributed by atoms with Crippen LogP contribution in [0.2, 0.25) is 0 Å². The van der Waals surface area contributed by atoms with Gasteiger partial charge in [0.2, 0.25) is 0 Å². The molecule has 2 amide bonds. The minimum atomic E-state index is -5.07. The van der Waals surface area contributed by atoms with Crippen molar-refractivity contribution in [2.45, 2.75) is 35.5 Å². The van der Waals surface area contributed by atoms with Crippen LogP contribution in [-0.2, 0) is 30.4 Å². The van der Waals surface area contributed by atoms with Gasteiger partial charge in [-0.25, -0.2) is 4.79 Å². The lowest BCUT2D eigenvalue weighted by Gasteiger charge is -2.25. The van der Waals surface area contributed by atoms with Crippen LogP contribution in [-0.4, -0.2) is 44.9 Å². The third-order valence-corrected chi connectivity index (χ3v) is 11.2. The Hall–Kier alpha value is -5.56. The fourth-order valence-electron chi connectivity index (χ4n) is 6.23. The highest BCUT2D eigenvalue weighted by molar-refractivity contribution is 7.86. The van der Waals surface area contributed by atoms with Crippen LogP contribution in [0.25, 0.3) is 12.2 Å². The third kappa shape index (κ3) is 7.39. The smallest absolute Gasteiger partial charge is 0.323 e. The Morgan fingerprint density at radius 1 is 0.642 bits per heavy atom. The van der Waals surface area contributed by atoms with Gasteiger partial charge in [0.05, 0.1) is 11.4 Å². The van der Waals surface area contributed by atoms with E-state index in [0.717, 1.165) is 18.2 Å². The average Bonchev–Trinajstić information content (AvgIpc) is 3.06. The normalized spacial score (nSPS) is 12.7. The third-order valence-electron chi connectivity index (χ3n) is 8.49. The molecule has 53 heavy (non-hydrogen) atoms. The highest BCUT2D eigenvalue weighted by Crippen LogP contribution is 2.44. The summed E-state index contributed by atoms with van der Waals surface area (Å²) in [6.45, 7) is 8.90. The van der Waals surface area contributed by atoms with E-state index in [9.17, 15) is 43.7 Å². The number of amides is 2. The van der Waals surface area contributed by atoms with Crippen LogP contribution >= 0.6 is 0 Å². The molecule has 0 aliphatic carbocycles. The molecule has 0 spiro atoms. The average molecular weight is 778 g/mol. The summed E-state index contributed by atoms with van der Waals surface area (Å²) >= 11 is 0. The molecule has 6 N–H and O–H groups in total. The number of rotatable bonds is 8. The molecule has 5 aromatic carbocycles. The van der Waals surface area contributed by atoms with Gasteiger partial charge < -0.3 is 20.7 Å². The van der Waals surface area contributed by atoms with Crippen molar-refractivity contribution in [2.75, 3.05) is 16.0 Å². The van der Waals surface area contributed by atoms with Crippen molar-refractivity contribution >= 4 is 71.3 Å². The fraction of sp³-hybridized carbons (Fsp3) is 0.0833. The zero-order chi connectivity index (χ0) is 38.6. The monoisotopic (exact) mass is 777 g/mol. The van der Waals surface area contributed by atoms with Crippen molar-refractivity contribution in [2.24, 2.45) is 0 Å². The maximum absolute atomic E-state index is 13.0. The first-order valence-corrected chi connectivity index (χ1v) is 19.8. The zero-order valence-electron chi connectivity index (χ0n) is 28.1. The van der Waals surface area contributed by atoms with Gasteiger partial charge in [-0.3, -0.25) is 13.7 Å². The maximum atomic E-state index is 13.0. The number of nitrogens with one attached hydrogen (secondary N) is 3. The van der Waals surface area contributed by atoms with Gasteiger partial charge in [-0.1, -0.05) is 49.0 Å². The molecule has 0 aromatic heterocycles. The zero-order valence-corrected chi connectivity index (χ0v) is 30.6. The number of para-hydroxylation sites is 1. The Morgan fingerprint density at radius 2 is 1.25 bits per heavy atom. The molecule has 0 unspecified atom stereocenters. The van der Waals surface area contributed by atoms with Crippen molar-refractivity contribution in [3.8, 4) is 11.5 Å². The number of carbonyl (C=O) groups is 1. The lowest BCUT2D eigenvalue weighted by atomic mass is 9.92. The van der Waals surface area contributed by atoms with Crippen LogP contribution in [0.15, 0.2) is 99.6 Å². The van der Waals surface area contributed by atoms with E-state index in [1.807, 2.05) is 0 Å². The lowest BCUT2D eigenvalue weighted by molar-refractivity contribution is 0.262. The van der Waals surface area contributed by atoms with Gasteiger partial charge in [0, 0.05) is 39.4 Å². The molecule has 0 saturated carbocycles. The van der Waals surface area contributed by atoms with Crippen molar-refractivity contribution in [3.05, 3.63) is 123 Å². The summed E-state index contributed by atoms with van der Waals surface area (Å²) in [6.07, 6.45) is 0. The number of hydrogen-bond donors (Lipinski definition) is 6. The van der Waals surface area contributed by atoms with E-state index >= 15 is 0 Å². The molecular formula is C36H31N3O11S3. The number of aryl methyl sites for hydroxylation is 2. The first kappa shape index (κ1) is 37.2. The minimum absolute atomic E-state index is 0.0563. The molecular weight excluding hydrogens is 747 g/mol. The van der Waals surface area contributed by atoms with Crippen LogP contribution < -0.4 is 31.1 Å². The second kappa shape index (κ2) is 13.4. The molecule has 17 heteroatoms. The number of fused-ring (bicyclic) bond motifs is 2. The van der Waals surface area contributed by atoms with E-state index in [1.54, 1.807) is 57.2 Å². The van der Waals surface area contributed by atoms with Crippen LogP contribution in [0.3, 0.4) is 0 Å². The van der Waals surface area contributed by atoms with E-state index in [4.69, 9.17) is 4.74 Å². The van der Waals surface area contributed by atoms with E-state index in [0.29, 0.717) is 33.8 Å². The first-order valence-electron chi connectivity index (χ1n) is 15.5. The van der Waals surface area contributed by atoms with Crippen molar-refractivity contribution in [3.63, 3.8) is 0 Å². The summed E-state index contributed by atoms with van der Waals surface area (Å²) in [4.78, 5) is 11.0. The number of anilines is 4. The number of carbonyl (C=O) groups excluding carboxylic acids is 1. The summed E-state index contributed by atoms with van der Waals surface area (Å²) in [7, 11) is -14.9. The Bertz CT molecular complexity index is 2830. The second-order valence-electron chi connectivity index (χ2n) is 12.2.